The van der Waals surface area contributed by atoms with Crippen LogP contribution in [-0.2, 0) is 0 Å². The molecular formula is C48H30N2S. The fraction of sp³-hybridized carbons (Fsp3) is 0. The zero-order valence-electron chi connectivity index (χ0n) is 27.6. The number of hydrogen-bond acceptors (Lipinski definition) is 2. The minimum atomic E-state index is 1.12. The van der Waals surface area contributed by atoms with E-state index in [1.165, 1.54) is 80.0 Å². The first-order valence-electron chi connectivity index (χ1n) is 17.4. The summed E-state index contributed by atoms with van der Waals surface area (Å²) in [6.45, 7) is 0. The van der Waals surface area contributed by atoms with Crippen LogP contribution in [0.25, 0.3) is 80.0 Å². The number of fused-ring (bicyclic) bond motifs is 11. The van der Waals surface area contributed by atoms with E-state index in [4.69, 9.17) is 0 Å². The van der Waals surface area contributed by atoms with Crippen molar-refractivity contribution in [2.45, 2.75) is 0 Å². The lowest BCUT2D eigenvalue weighted by Crippen LogP contribution is -2.11. The Morgan fingerprint density at radius 3 is 1.92 bits per heavy atom. The summed E-state index contributed by atoms with van der Waals surface area (Å²) in [7, 11) is 0. The second-order valence-corrected chi connectivity index (χ2v) is 14.4. The molecule has 0 amide bonds. The normalized spacial score (nSPS) is 11.9. The maximum atomic E-state index is 2.52. The van der Waals surface area contributed by atoms with Gasteiger partial charge in [0.15, 0.2) is 0 Å². The van der Waals surface area contributed by atoms with Gasteiger partial charge in [-0.2, -0.15) is 0 Å². The van der Waals surface area contributed by atoms with Crippen molar-refractivity contribution in [2.75, 3.05) is 4.90 Å². The molecule has 0 aliphatic carbocycles. The van der Waals surface area contributed by atoms with E-state index in [0.29, 0.717) is 0 Å². The maximum Gasteiger partial charge on any atom is 0.0561 e. The zero-order chi connectivity index (χ0) is 33.5. The second-order valence-electron chi connectivity index (χ2n) is 13.3. The van der Waals surface area contributed by atoms with Crippen molar-refractivity contribution in [3.63, 3.8) is 0 Å². The lowest BCUT2D eigenvalue weighted by atomic mass is 9.94. The largest absolute Gasteiger partial charge is 0.309 e. The Bertz CT molecular complexity index is 3150. The van der Waals surface area contributed by atoms with Crippen LogP contribution in [0.5, 0.6) is 0 Å². The van der Waals surface area contributed by atoms with E-state index in [9.17, 15) is 0 Å². The molecule has 238 valence electrons. The summed E-state index contributed by atoms with van der Waals surface area (Å²) in [5.74, 6) is 0. The van der Waals surface area contributed by atoms with E-state index < -0.39 is 0 Å². The summed E-state index contributed by atoms with van der Waals surface area (Å²) in [4.78, 5) is 2.52. The third kappa shape index (κ3) is 4.22. The number of rotatable bonds is 4. The molecule has 0 spiro atoms. The van der Waals surface area contributed by atoms with Gasteiger partial charge < -0.3 is 9.47 Å². The summed E-state index contributed by atoms with van der Waals surface area (Å²) < 4.78 is 5.00. The van der Waals surface area contributed by atoms with Crippen LogP contribution in [0.4, 0.5) is 17.1 Å². The van der Waals surface area contributed by atoms with E-state index in [1.54, 1.807) is 0 Å². The fourth-order valence-electron chi connectivity index (χ4n) is 8.35. The quantitative estimate of drug-likeness (QED) is 0.170. The highest BCUT2D eigenvalue weighted by molar-refractivity contribution is 7.26. The van der Waals surface area contributed by atoms with Gasteiger partial charge in [0.1, 0.15) is 0 Å². The highest BCUT2D eigenvalue weighted by atomic mass is 32.1. The first kappa shape index (κ1) is 28.4. The first-order valence-corrected chi connectivity index (χ1v) is 18.3. The Hall–Kier alpha value is -6.42. The van der Waals surface area contributed by atoms with Crippen molar-refractivity contribution in [2.24, 2.45) is 0 Å². The Balaban J connectivity index is 1.29. The van der Waals surface area contributed by atoms with Crippen molar-refractivity contribution >= 4 is 103 Å². The molecule has 51 heavy (non-hydrogen) atoms. The monoisotopic (exact) mass is 666 g/mol. The van der Waals surface area contributed by atoms with Crippen LogP contribution < -0.4 is 4.90 Å². The van der Waals surface area contributed by atoms with Crippen LogP contribution in [0, 0.1) is 0 Å². The number of thiophene rings is 1. The lowest BCUT2D eigenvalue weighted by molar-refractivity contribution is 1.18. The summed E-state index contributed by atoms with van der Waals surface area (Å²) in [6.07, 6.45) is 0. The minimum absolute atomic E-state index is 1.12. The summed E-state index contributed by atoms with van der Waals surface area (Å²) >= 11 is 1.87. The molecule has 0 bridgehead atoms. The second kappa shape index (κ2) is 11.0. The molecule has 2 heterocycles. The third-order valence-electron chi connectivity index (χ3n) is 10.5. The first-order chi connectivity index (χ1) is 25.3. The molecule has 0 atom stereocenters. The number of aromatic nitrogens is 1. The molecule has 0 radical (unpaired) electrons. The Morgan fingerprint density at radius 2 is 1.04 bits per heavy atom. The van der Waals surface area contributed by atoms with Crippen LogP contribution in [0.2, 0.25) is 0 Å². The molecule has 11 aromatic rings. The van der Waals surface area contributed by atoms with Crippen molar-refractivity contribution < 1.29 is 0 Å². The molecule has 0 saturated carbocycles. The third-order valence-corrected chi connectivity index (χ3v) is 11.7. The van der Waals surface area contributed by atoms with Gasteiger partial charge in [0.25, 0.3) is 0 Å². The molecule has 0 N–H and O–H groups in total. The predicted octanol–water partition coefficient (Wildman–Crippen LogP) is 14.1. The maximum absolute atomic E-state index is 2.52. The molecule has 0 unspecified atom stereocenters. The molecule has 0 saturated heterocycles. The van der Waals surface area contributed by atoms with Crippen LogP contribution >= 0.6 is 11.3 Å². The Labute approximate surface area is 298 Å². The van der Waals surface area contributed by atoms with Crippen molar-refractivity contribution in [3.8, 4) is 5.69 Å². The lowest BCUT2D eigenvalue weighted by Gasteiger charge is -2.29. The van der Waals surface area contributed by atoms with Crippen molar-refractivity contribution in [1.29, 1.82) is 0 Å². The fourth-order valence-corrected chi connectivity index (χ4v) is 9.47. The average molecular weight is 667 g/mol. The molecule has 9 aromatic carbocycles. The standard InChI is InChI=1S/C48H30N2S/c1-2-14-33(15-3-1)49-41-21-10-8-17-36(41)38-28-27-34(30-44(38)49)50(42-22-12-24-46-48(42)40-20-9-11-23-45(40)51-46)43-29-32-26-25-31-13-4-5-16-35(31)47(32)39-19-7-6-18-37(39)43/h1-30H. The van der Waals surface area contributed by atoms with Gasteiger partial charge >= 0.3 is 0 Å². The Kier molecular flexibility index (Phi) is 6.16. The topological polar surface area (TPSA) is 8.17 Å². The van der Waals surface area contributed by atoms with Gasteiger partial charge in [-0.05, 0) is 81.5 Å². The number of hydrogen-bond donors (Lipinski definition) is 0. The average Bonchev–Trinajstić information content (AvgIpc) is 3.74. The summed E-state index contributed by atoms with van der Waals surface area (Å²) in [5, 5.41) is 12.6. The number of benzene rings is 9. The highest BCUT2D eigenvalue weighted by Gasteiger charge is 2.23. The van der Waals surface area contributed by atoms with Crippen LogP contribution in [0.1, 0.15) is 0 Å². The van der Waals surface area contributed by atoms with E-state index >= 15 is 0 Å². The van der Waals surface area contributed by atoms with Gasteiger partial charge in [0.05, 0.1) is 22.4 Å². The minimum Gasteiger partial charge on any atom is -0.309 e. The van der Waals surface area contributed by atoms with Gasteiger partial charge in [0.2, 0.25) is 0 Å². The van der Waals surface area contributed by atoms with Gasteiger partial charge in [-0.3, -0.25) is 0 Å². The summed E-state index contributed by atoms with van der Waals surface area (Å²) in [6, 6.07) is 66.8. The van der Waals surface area contributed by atoms with Crippen LogP contribution in [-0.4, -0.2) is 4.57 Å². The molecule has 11 rings (SSSR count). The molecular weight excluding hydrogens is 637 g/mol. The van der Waals surface area contributed by atoms with Gasteiger partial charge in [-0.15, -0.1) is 11.3 Å². The molecule has 0 aliphatic heterocycles. The molecule has 0 aliphatic rings. The van der Waals surface area contributed by atoms with Gasteiger partial charge in [0, 0.05) is 47.7 Å². The van der Waals surface area contributed by atoms with Crippen LogP contribution in [0.3, 0.4) is 0 Å². The highest BCUT2D eigenvalue weighted by Crippen LogP contribution is 2.49. The van der Waals surface area contributed by atoms with E-state index in [-0.39, 0.29) is 0 Å². The van der Waals surface area contributed by atoms with E-state index in [1.807, 2.05) is 11.3 Å². The zero-order valence-corrected chi connectivity index (χ0v) is 28.4. The predicted molar refractivity (Wildman–Crippen MR) is 221 cm³/mol. The molecule has 3 heteroatoms. The molecule has 2 nitrogen and oxygen atoms in total. The van der Waals surface area contributed by atoms with Gasteiger partial charge in [-0.25, -0.2) is 0 Å². The van der Waals surface area contributed by atoms with Crippen molar-refractivity contribution in [3.05, 3.63) is 182 Å². The SMILES string of the molecule is c1ccc(-n2c3ccccc3c3ccc(N(c4cc5ccc6ccccc6c5c5ccccc45)c4cccc5sc6ccccc6c45)cc32)cc1. The Morgan fingerprint density at radius 1 is 0.373 bits per heavy atom. The van der Waals surface area contributed by atoms with Crippen LogP contribution in [0.15, 0.2) is 182 Å². The molecule has 2 aromatic heterocycles. The van der Waals surface area contributed by atoms with Crippen molar-refractivity contribution in [1.82, 2.24) is 4.57 Å². The number of nitrogens with zero attached hydrogens (tertiary/aromatic N) is 2. The van der Waals surface area contributed by atoms with E-state index in [2.05, 4.69) is 191 Å². The number of para-hydroxylation sites is 2. The van der Waals surface area contributed by atoms with Gasteiger partial charge in [-0.1, -0.05) is 127 Å². The summed E-state index contributed by atoms with van der Waals surface area (Å²) in [5.41, 5.74) is 7.01. The molecule has 0 fully saturated rings. The smallest absolute Gasteiger partial charge is 0.0561 e. The van der Waals surface area contributed by atoms with E-state index in [0.717, 1.165) is 17.1 Å². The number of anilines is 3.